The van der Waals surface area contributed by atoms with E-state index in [0.717, 1.165) is 15.3 Å². The van der Waals surface area contributed by atoms with E-state index in [9.17, 15) is 19.1 Å². The molecule has 0 saturated carbocycles. The van der Waals surface area contributed by atoms with Gasteiger partial charge in [-0.15, -0.1) is 11.3 Å². The number of carbonyl (C=O) groups is 1. The Hall–Kier alpha value is -2.58. The molecule has 1 aliphatic rings. The number of likely N-dealkylation sites (tertiary alicyclic amines) is 1. The number of rotatable bonds is 4. The van der Waals surface area contributed by atoms with Crippen LogP contribution in [0.4, 0.5) is 4.39 Å². The molecule has 3 heterocycles. The molecular formula is C22H24FN3O3S. The molecule has 6 nitrogen and oxygen atoms in total. The molecule has 1 N–H and O–H groups in total. The third-order valence-corrected chi connectivity index (χ3v) is 7.03. The number of thiophene rings is 1. The summed E-state index contributed by atoms with van der Waals surface area (Å²) in [6.07, 6.45) is 2.37. The molecule has 158 valence electrons. The second kappa shape index (κ2) is 7.92. The van der Waals surface area contributed by atoms with Gasteiger partial charge in [0.25, 0.3) is 5.56 Å². The monoisotopic (exact) mass is 429 g/mol. The van der Waals surface area contributed by atoms with Gasteiger partial charge in [-0.1, -0.05) is 12.1 Å². The highest BCUT2D eigenvalue weighted by Gasteiger charge is 2.34. The first-order valence-electron chi connectivity index (χ1n) is 9.95. The number of hydrogen-bond acceptors (Lipinski definition) is 5. The van der Waals surface area contributed by atoms with Crippen LogP contribution in [0.1, 0.15) is 28.8 Å². The summed E-state index contributed by atoms with van der Waals surface area (Å²) in [7, 11) is 0. The maximum atomic E-state index is 13.3. The summed E-state index contributed by atoms with van der Waals surface area (Å²) in [5, 5.41) is 11.7. The van der Waals surface area contributed by atoms with E-state index >= 15 is 0 Å². The predicted octanol–water partition coefficient (Wildman–Crippen LogP) is 2.81. The molecule has 1 aliphatic heterocycles. The Morgan fingerprint density at radius 1 is 1.30 bits per heavy atom. The molecule has 0 atom stereocenters. The number of fused-ring (bicyclic) bond motifs is 1. The average Bonchev–Trinajstić information content (AvgIpc) is 2.99. The van der Waals surface area contributed by atoms with Crippen molar-refractivity contribution in [3.63, 3.8) is 0 Å². The standard InChI is InChI=1S/C22H24FN3O3S/c1-14-15(2)30-20-19(14)21(28)26(13-24-20)12-22(29)6-8-25(9-7-22)18(27)11-16-4-3-5-17(23)10-16/h3-5,10,13,29H,6-9,11-12H2,1-2H3. The quantitative estimate of drug-likeness (QED) is 0.692. The van der Waals surface area contributed by atoms with Crippen LogP contribution in [0.25, 0.3) is 10.2 Å². The second-order valence-corrected chi connectivity index (χ2v) is 9.26. The highest BCUT2D eigenvalue weighted by atomic mass is 32.1. The molecule has 0 unspecified atom stereocenters. The number of carbonyl (C=O) groups excluding carboxylic acids is 1. The number of hydrogen-bond donors (Lipinski definition) is 1. The summed E-state index contributed by atoms with van der Waals surface area (Å²) < 4.78 is 14.8. The first-order valence-corrected chi connectivity index (χ1v) is 10.8. The van der Waals surface area contributed by atoms with Gasteiger partial charge in [0.1, 0.15) is 10.6 Å². The van der Waals surface area contributed by atoms with Crippen molar-refractivity contribution in [1.82, 2.24) is 14.5 Å². The molecule has 0 radical (unpaired) electrons. The number of aryl methyl sites for hydroxylation is 2. The van der Waals surface area contributed by atoms with Gasteiger partial charge in [-0.25, -0.2) is 9.37 Å². The van der Waals surface area contributed by atoms with Crippen LogP contribution in [-0.2, 0) is 17.8 Å². The number of aliphatic hydroxyl groups is 1. The van der Waals surface area contributed by atoms with Gasteiger partial charge in [-0.2, -0.15) is 0 Å². The van der Waals surface area contributed by atoms with Gasteiger partial charge in [0.05, 0.1) is 30.3 Å². The topological polar surface area (TPSA) is 75.4 Å². The zero-order valence-electron chi connectivity index (χ0n) is 17.0. The van der Waals surface area contributed by atoms with E-state index < -0.39 is 5.60 Å². The molecule has 1 amide bonds. The molecule has 2 aromatic heterocycles. The third-order valence-electron chi connectivity index (χ3n) is 5.91. The Morgan fingerprint density at radius 3 is 2.73 bits per heavy atom. The van der Waals surface area contributed by atoms with Crippen molar-refractivity contribution >= 4 is 27.5 Å². The van der Waals surface area contributed by atoms with Crippen molar-refractivity contribution in [1.29, 1.82) is 0 Å². The number of nitrogens with zero attached hydrogens (tertiary/aromatic N) is 3. The molecule has 0 spiro atoms. The second-order valence-electron chi connectivity index (χ2n) is 8.05. The van der Waals surface area contributed by atoms with Crippen molar-refractivity contribution in [2.45, 2.75) is 45.3 Å². The Balaban J connectivity index is 1.43. The Labute approximate surface area is 177 Å². The minimum atomic E-state index is -1.08. The molecule has 1 fully saturated rings. The first-order chi connectivity index (χ1) is 14.3. The van der Waals surface area contributed by atoms with Crippen LogP contribution >= 0.6 is 11.3 Å². The highest BCUT2D eigenvalue weighted by molar-refractivity contribution is 7.18. The molecule has 1 aromatic carbocycles. The van der Waals surface area contributed by atoms with Gasteiger partial charge in [0.2, 0.25) is 5.91 Å². The van der Waals surface area contributed by atoms with Crippen molar-refractivity contribution in [3.8, 4) is 0 Å². The van der Waals surface area contributed by atoms with Gasteiger partial charge in [0.15, 0.2) is 0 Å². The lowest BCUT2D eigenvalue weighted by molar-refractivity contribution is -0.135. The first kappa shape index (κ1) is 20.7. The Kier molecular flexibility index (Phi) is 5.46. The lowest BCUT2D eigenvalue weighted by Crippen LogP contribution is -2.50. The minimum absolute atomic E-state index is 0.0905. The van der Waals surface area contributed by atoms with E-state index in [1.807, 2.05) is 13.8 Å². The predicted molar refractivity (Wildman–Crippen MR) is 114 cm³/mol. The molecule has 0 bridgehead atoms. The molecule has 1 saturated heterocycles. The van der Waals surface area contributed by atoms with Gasteiger partial charge in [-0.3, -0.25) is 14.2 Å². The highest BCUT2D eigenvalue weighted by Crippen LogP contribution is 2.27. The summed E-state index contributed by atoms with van der Waals surface area (Å²) in [5.74, 6) is -0.451. The Bertz CT molecular complexity index is 1160. The summed E-state index contributed by atoms with van der Waals surface area (Å²) in [6, 6.07) is 6.03. The van der Waals surface area contributed by atoms with E-state index in [4.69, 9.17) is 0 Å². The van der Waals surface area contributed by atoms with Crippen LogP contribution < -0.4 is 5.56 Å². The molecule has 4 rings (SSSR count). The van der Waals surface area contributed by atoms with Gasteiger partial charge < -0.3 is 10.0 Å². The fraction of sp³-hybridized carbons (Fsp3) is 0.409. The fourth-order valence-electron chi connectivity index (χ4n) is 3.96. The minimum Gasteiger partial charge on any atom is -0.388 e. The number of benzene rings is 1. The normalized spacial score (nSPS) is 16.2. The van der Waals surface area contributed by atoms with E-state index in [-0.39, 0.29) is 30.2 Å². The summed E-state index contributed by atoms with van der Waals surface area (Å²) in [4.78, 5) is 33.3. The van der Waals surface area contributed by atoms with Crippen LogP contribution in [-0.4, -0.2) is 44.2 Å². The zero-order valence-corrected chi connectivity index (χ0v) is 17.8. The summed E-state index contributed by atoms with van der Waals surface area (Å²) >= 11 is 1.50. The van der Waals surface area contributed by atoms with E-state index in [0.29, 0.717) is 36.9 Å². The summed E-state index contributed by atoms with van der Waals surface area (Å²) in [6.45, 7) is 4.82. The lowest BCUT2D eigenvalue weighted by atomic mass is 9.91. The number of aromatic nitrogens is 2. The van der Waals surface area contributed by atoms with E-state index in [1.54, 1.807) is 17.0 Å². The summed E-state index contributed by atoms with van der Waals surface area (Å²) in [5.41, 5.74) is 0.355. The van der Waals surface area contributed by atoms with E-state index in [2.05, 4.69) is 4.98 Å². The average molecular weight is 430 g/mol. The number of amides is 1. The molecule has 8 heteroatoms. The SMILES string of the molecule is Cc1sc2ncn(CC3(O)CCN(C(=O)Cc4cccc(F)c4)CC3)c(=O)c2c1C. The van der Waals surface area contributed by atoms with Crippen LogP contribution in [0.3, 0.4) is 0 Å². The molecule has 0 aliphatic carbocycles. The molecule has 30 heavy (non-hydrogen) atoms. The fourth-order valence-corrected chi connectivity index (χ4v) is 4.95. The zero-order chi connectivity index (χ0) is 21.5. The largest absolute Gasteiger partial charge is 0.388 e. The van der Waals surface area contributed by atoms with Gasteiger partial charge in [0, 0.05) is 18.0 Å². The van der Waals surface area contributed by atoms with Crippen LogP contribution in [0, 0.1) is 19.7 Å². The Morgan fingerprint density at radius 2 is 2.03 bits per heavy atom. The van der Waals surface area contributed by atoms with Crippen molar-refractivity contribution in [2.24, 2.45) is 0 Å². The van der Waals surface area contributed by atoms with Crippen molar-refractivity contribution in [2.75, 3.05) is 13.1 Å². The molecular weight excluding hydrogens is 405 g/mol. The number of piperidine rings is 1. The smallest absolute Gasteiger partial charge is 0.262 e. The number of halogens is 1. The maximum Gasteiger partial charge on any atom is 0.262 e. The molecule has 3 aromatic rings. The lowest BCUT2D eigenvalue weighted by Gasteiger charge is -2.38. The van der Waals surface area contributed by atoms with Gasteiger partial charge >= 0.3 is 0 Å². The van der Waals surface area contributed by atoms with Gasteiger partial charge in [-0.05, 0) is 49.9 Å². The van der Waals surface area contributed by atoms with Crippen molar-refractivity contribution in [3.05, 3.63) is 62.8 Å². The van der Waals surface area contributed by atoms with Crippen LogP contribution in [0.2, 0.25) is 0 Å². The van der Waals surface area contributed by atoms with E-state index in [1.165, 1.54) is 34.4 Å². The van der Waals surface area contributed by atoms with Crippen molar-refractivity contribution < 1.29 is 14.3 Å². The third kappa shape index (κ3) is 4.02. The van der Waals surface area contributed by atoms with Crippen LogP contribution in [0.15, 0.2) is 35.4 Å². The van der Waals surface area contributed by atoms with Crippen LogP contribution in [0.5, 0.6) is 0 Å². The maximum absolute atomic E-state index is 13.3.